The van der Waals surface area contributed by atoms with Crippen molar-refractivity contribution in [2.75, 3.05) is 25.8 Å². The zero-order valence-electron chi connectivity index (χ0n) is 23.4. The summed E-state index contributed by atoms with van der Waals surface area (Å²) in [6.07, 6.45) is -1.02. The molecule has 1 aliphatic rings. The number of alkyl halides is 3. The maximum atomic E-state index is 13.0. The van der Waals surface area contributed by atoms with E-state index in [2.05, 4.69) is 34.3 Å². The number of hydrazone groups is 1. The lowest BCUT2D eigenvalue weighted by molar-refractivity contribution is -0.486. The smallest absolute Gasteiger partial charge is 0.341 e. The molecule has 3 aromatic rings. The minimum atomic E-state index is -4.67. The number of nitrogens with one attached hydrogen (secondary N) is 1. The normalized spacial score (nSPS) is 15.5. The Morgan fingerprint density at radius 2 is 2.02 bits per heavy atom. The summed E-state index contributed by atoms with van der Waals surface area (Å²) in [6, 6.07) is 1.72. The Morgan fingerprint density at radius 1 is 1.31 bits per heavy atom. The molecule has 1 unspecified atom stereocenters. The van der Waals surface area contributed by atoms with Crippen LogP contribution in [-0.4, -0.2) is 62.0 Å². The third-order valence-corrected chi connectivity index (χ3v) is 8.01. The van der Waals surface area contributed by atoms with Gasteiger partial charge in [-0.2, -0.15) is 18.3 Å². The molecule has 230 valence electrons. The van der Waals surface area contributed by atoms with Crippen molar-refractivity contribution in [1.29, 1.82) is 0 Å². The summed E-state index contributed by atoms with van der Waals surface area (Å²) in [6.45, 7) is 7.19. The third-order valence-electron chi connectivity index (χ3n) is 5.76. The van der Waals surface area contributed by atoms with Crippen LogP contribution in [0.1, 0.15) is 58.9 Å². The van der Waals surface area contributed by atoms with E-state index in [0.717, 1.165) is 27.1 Å². The molecule has 18 heteroatoms. The fourth-order valence-corrected chi connectivity index (χ4v) is 6.11. The minimum Gasteiger partial charge on any atom is -0.341 e. The molecule has 4 heterocycles. The van der Waals surface area contributed by atoms with Gasteiger partial charge in [0.2, 0.25) is 0 Å². The van der Waals surface area contributed by atoms with Gasteiger partial charge in [0.15, 0.2) is 15.2 Å². The number of amides is 1. The number of nitrogens with zero attached hydrogens (tertiary/aromatic N) is 7. The molecule has 42 heavy (non-hydrogen) atoms. The van der Waals surface area contributed by atoms with Crippen LogP contribution < -0.4 is 5.32 Å². The van der Waals surface area contributed by atoms with E-state index in [9.17, 15) is 28.1 Å². The number of carbonyl (C=O) groups excluding carboxylic acids is 1. The molecule has 0 radical (unpaired) electrons. The van der Waals surface area contributed by atoms with Crippen molar-refractivity contribution >= 4 is 51.8 Å². The highest BCUT2D eigenvalue weighted by molar-refractivity contribution is 7.15. The molecule has 0 bridgehead atoms. The highest BCUT2D eigenvalue weighted by Crippen LogP contribution is 2.35. The molecule has 1 saturated heterocycles. The number of ether oxygens (including phenoxy) is 1. The number of aryl methyl sites for hydroxylation is 1. The lowest BCUT2D eigenvalue weighted by Gasteiger charge is -2.34. The summed E-state index contributed by atoms with van der Waals surface area (Å²) < 4.78 is 45.7. The Balaban J connectivity index is 0.000000240. The molecule has 0 saturated carbocycles. The van der Waals surface area contributed by atoms with Gasteiger partial charge in [0.05, 0.1) is 17.8 Å². The van der Waals surface area contributed by atoms with Gasteiger partial charge >= 0.3 is 6.18 Å². The van der Waals surface area contributed by atoms with Gasteiger partial charge in [-0.3, -0.25) is 9.48 Å². The van der Waals surface area contributed by atoms with Crippen LogP contribution in [0.4, 0.5) is 18.9 Å². The molecule has 3 aromatic heterocycles. The number of rotatable bonds is 8. The monoisotopic (exact) mass is 650 g/mol. The van der Waals surface area contributed by atoms with E-state index in [4.69, 9.17) is 16.3 Å². The Hall–Kier alpha value is -3.28. The van der Waals surface area contributed by atoms with Crippen LogP contribution in [0, 0.1) is 16.0 Å². The number of nitro groups is 1. The second kappa shape index (κ2) is 14.3. The summed E-state index contributed by atoms with van der Waals surface area (Å²) >= 11 is 8.55. The summed E-state index contributed by atoms with van der Waals surface area (Å²) in [5, 5.41) is 21.0. The van der Waals surface area contributed by atoms with Gasteiger partial charge in [0.25, 0.3) is 11.9 Å². The standard InChI is InChI=1S/C16H20F3N3OS.C8H10ClN5O3S/c1-9(2)7-10(3)13-12(5-6-24-13)20-15(23)11-8-22(4)21-14(11)16(17,18)19;1-12-4-17-5-13(8(12)11-14(15)16)3-6-2-10-7(9)18-6/h5-6,8-10H,7H2,1-4H3,(H,20,23);2H,3-5H2,1H3/b;11-8+. The van der Waals surface area contributed by atoms with Crippen molar-refractivity contribution in [2.24, 2.45) is 18.1 Å². The van der Waals surface area contributed by atoms with Crippen molar-refractivity contribution < 1.29 is 27.7 Å². The molecular weight excluding hydrogens is 621 g/mol. The van der Waals surface area contributed by atoms with Crippen LogP contribution in [0.25, 0.3) is 0 Å². The van der Waals surface area contributed by atoms with E-state index in [0.29, 0.717) is 22.6 Å². The maximum absolute atomic E-state index is 13.0. The fourth-order valence-electron chi connectivity index (χ4n) is 4.19. The predicted octanol–water partition coefficient (Wildman–Crippen LogP) is 5.93. The van der Waals surface area contributed by atoms with Gasteiger partial charge in [0, 0.05) is 36.2 Å². The first-order valence-corrected chi connectivity index (χ1v) is 14.6. The molecule has 1 aliphatic heterocycles. The van der Waals surface area contributed by atoms with Gasteiger partial charge in [-0.1, -0.05) is 32.4 Å². The first-order valence-electron chi connectivity index (χ1n) is 12.5. The Morgan fingerprint density at radius 3 is 2.62 bits per heavy atom. The lowest BCUT2D eigenvalue weighted by Crippen LogP contribution is -2.49. The van der Waals surface area contributed by atoms with Gasteiger partial charge in [0.1, 0.15) is 18.6 Å². The van der Waals surface area contributed by atoms with E-state index in [1.54, 1.807) is 29.1 Å². The SMILES string of the molecule is CC(C)CC(C)c1sccc1NC(=O)c1cn(C)nc1C(F)(F)F.CN1COCN(Cc2cnc(Cl)s2)/C1=N/[N+](=O)[O-]. The molecule has 0 spiro atoms. The molecular formula is C24H30ClF3N8O4S2. The number of anilines is 1. The van der Waals surface area contributed by atoms with Crippen LogP contribution in [0.2, 0.25) is 4.47 Å². The zero-order valence-corrected chi connectivity index (χ0v) is 25.8. The van der Waals surface area contributed by atoms with E-state index >= 15 is 0 Å². The average Bonchev–Trinajstić information content (AvgIpc) is 3.61. The average molecular weight is 651 g/mol. The lowest BCUT2D eigenvalue weighted by atomic mass is 9.97. The highest BCUT2D eigenvalue weighted by atomic mass is 35.5. The second-order valence-corrected chi connectivity index (χ2v) is 12.5. The fraction of sp³-hybridized carbons (Fsp3) is 0.500. The Kier molecular flexibility index (Phi) is 11.3. The molecule has 4 rings (SSSR count). The van der Waals surface area contributed by atoms with Gasteiger partial charge in [-0.15, -0.1) is 22.7 Å². The first kappa shape index (κ1) is 33.2. The van der Waals surface area contributed by atoms with Crippen molar-refractivity contribution in [3.63, 3.8) is 0 Å². The van der Waals surface area contributed by atoms with Crippen LogP contribution in [0.5, 0.6) is 0 Å². The minimum absolute atomic E-state index is 0.219. The maximum Gasteiger partial charge on any atom is 0.435 e. The van der Waals surface area contributed by atoms with Crippen molar-refractivity contribution in [1.82, 2.24) is 24.6 Å². The van der Waals surface area contributed by atoms with Crippen LogP contribution in [0.3, 0.4) is 0 Å². The number of hydrogen-bond donors (Lipinski definition) is 1. The third kappa shape index (κ3) is 9.11. The molecule has 0 aromatic carbocycles. The summed E-state index contributed by atoms with van der Waals surface area (Å²) in [4.78, 5) is 31.8. The van der Waals surface area contributed by atoms with Crippen LogP contribution in [-0.2, 0) is 24.5 Å². The number of thiazole rings is 1. The first-order chi connectivity index (χ1) is 19.6. The molecule has 1 atom stereocenters. The van der Waals surface area contributed by atoms with Crippen LogP contribution in [0.15, 0.2) is 28.9 Å². The quantitative estimate of drug-likeness (QED) is 0.235. The van der Waals surface area contributed by atoms with E-state index in [1.165, 1.54) is 29.7 Å². The largest absolute Gasteiger partial charge is 0.435 e. The Bertz CT molecular complexity index is 1410. The number of hydrogen-bond acceptors (Lipinski definition) is 8. The topological polar surface area (TPSA) is 131 Å². The van der Waals surface area contributed by atoms with Gasteiger partial charge in [-0.25, -0.2) is 15.1 Å². The molecule has 0 aliphatic carbocycles. The van der Waals surface area contributed by atoms with Gasteiger partial charge in [-0.05, 0) is 29.7 Å². The van der Waals surface area contributed by atoms with E-state index in [1.807, 2.05) is 12.3 Å². The molecule has 12 nitrogen and oxygen atoms in total. The summed E-state index contributed by atoms with van der Waals surface area (Å²) in [7, 11) is 3.03. The van der Waals surface area contributed by atoms with Crippen molar-refractivity contribution in [3.8, 4) is 0 Å². The predicted molar refractivity (Wildman–Crippen MR) is 154 cm³/mol. The number of thiophene rings is 1. The van der Waals surface area contributed by atoms with E-state index in [-0.39, 0.29) is 25.3 Å². The molecule has 1 amide bonds. The number of carbonyl (C=O) groups is 1. The van der Waals surface area contributed by atoms with Crippen molar-refractivity contribution in [3.05, 3.63) is 59.4 Å². The van der Waals surface area contributed by atoms with E-state index < -0.39 is 28.4 Å². The highest BCUT2D eigenvalue weighted by Gasteiger charge is 2.39. The number of aromatic nitrogens is 3. The summed E-state index contributed by atoms with van der Waals surface area (Å²) in [5.41, 5.74) is -1.08. The second-order valence-electron chi connectivity index (χ2n) is 9.82. The number of halogens is 4. The molecule has 1 fully saturated rings. The Labute approximate surface area is 252 Å². The number of guanidine groups is 1. The zero-order chi connectivity index (χ0) is 31.2. The summed E-state index contributed by atoms with van der Waals surface area (Å²) in [5.74, 6) is 0.166. The van der Waals surface area contributed by atoms with Crippen LogP contribution >= 0.6 is 34.3 Å². The molecule has 1 N–H and O–H groups in total. The van der Waals surface area contributed by atoms with Gasteiger partial charge < -0.3 is 19.9 Å². The van der Waals surface area contributed by atoms with Crippen molar-refractivity contribution in [2.45, 2.75) is 45.8 Å².